The van der Waals surface area contributed by atoms with Crippen molar-refractivity contribution in [2.45, 2.75) is 18.0 Å². The molecule has 0 saturated carbocycles. The molecule has 4 aromatic rings. The Balaban J connectivity index is 1.56. The van der Waals surface area contributed by atoms with Gasteiger partial charge in [-0.2, -0.15) is 0 Å². The minimum absolute atomic E-state index is 0.0774. The molecule has 0 bridgehead atoms. The molecule has 3 atom stereocenters. The first-order valence-corrected chi connectivity index (χ1v) is 13.8. The first kappa shape index (κ1) is 22.6. The van der Waals surface area contributed by atoms with E-state index in [2.05, 4.69) is 15.9 Å². The number of halogens is 1. The van der Waals surface area contributed by atoms with Gasteiger partial charge in [-0.1, -0.05) is 88.7 Å². The molecule has 3 heterocycles. The van der Waals surface area contributed by atoms with E-state index in [0.29, 0.717) is 16.0 Å². The van der Waals surface area contributed by atoms with Gasteiger partial charge in [-0.3, -0.25) is 14.4 Å². The van der Waals surface area contributed by atoms with Crippen LogP contribution in [0.4, 0.5) is 5.69 Å². The number of fused-ring (bicyclic) bond motifs is 5. The largest absolute Gasteiger partial charge is 0.352 e. The summed E-state index contributed by atoms with van der Waals surface area (Å²) in [6.45, 7) is 0. The van der Waals surface area contributed by atoms with E-state index in [0.717, 1.165) is 21.3 Å². The number of benzene rings is 3. The molecule has 1 unspecified atom stereocenters. The predicted molar refractivity (Wildman–Crippen MR) is 149 cm³/mol. The van der Waals surface area contributed by atoms with Gasteiger partial charge in [0.2, 0.25) is 0 Å². The van der Waals surface area contributed by atoms with Gasteiger partial charge in [0.25, 0.3) is 0 Å². The third-order valence-electron chi connectivity index (χ3n) is 7.97. The summed E-state index contributed by atoms with van der Waals surface area (Å²) in [5.41, 5.74) is 2.04. The first-order valence-electron chi connectivity index (χ1n) is 12.1. The summed E-state index contributed by atoms with van der Waals surface area (Å²) >= 11 is 4.90. The SMILES string of the molecule is O=C(c1cccs1)[C@H]1[C@H](c2ccc(Br)cc2)C2(C(=O)c3ccccc3C2=O)C2C=Cc3ccccc3N21. The third-order valence-corrected chi connectivity index (χ3v) is 9.39. The molecule has 3 aromatic carbocycles. The molecule has 1 aliphatic carbocycles. The molecule has 1 aromatic heterocycles. The molecule has 1 fully saturated rings. The van der Waals surface area contributed by atoms with E-state index in [1.54, 1.807) is 24.3 Å². The number of rotatable bonds is 3. The van der Waals surface area contributed by atoms with Crippen molar-refractivity contribution in [3.05, 3.63) is 128 Å². The van der Waals surface area contributed by atoms with Gasteiger partial charge in [0.1, 0.15) is 11.5 Å². The van der Waals surface area contributed by atoms with Gasteiger partial charge in [0.15, 0.2) is 17.3 Å². The Hall–Kier alpha value is -3.61. The summed E-state index contributed by atoms with van der Waals surface area (Å²) in [6.07, 6.45) is 3.94. The van der Waals surface area contributed by atoms with Crippen LogP contribution in [0, 0.1) is 5.41 Å². The summed E-state index contributed by atoms with van der Waals surface area (Å²) in [5, 5.41) is 1.88. The monoisotopic (exact) mass is 565 g/mol. The molecule has 1 spiro atoms. The second-order valence-electron chi connectivity index (χ2n) is 9.66. The summed E-state index contributed by atoms with van der Waals surface area (Å²) in [4.78, 5) is 46.0. The molecule has 1 saturated heterocycles. The number of hydrogen-bond donors (Lipinski definition) is 0. The van der Waals surface area contributed by atoms with E-state index in [1.165, 1.54) is 11.3 Å². The smallest absolute Gasteiger partial charge is 0.195 e. The van der Waals surface area contributed by atoms with Crippen LogP contribution in [-0.2, 0) is 0 Å². The highest BCUT2D eigenvalue weighted by Gasteiger charge is 2.71. The molecule has 3 aliphatic rings. The number of ketones is 3. The Labute approximate surface area is 226 Å². The molecule has 0 radical (unpaired) electrons. The zero-order valence-electron chi connectivity index (χ0n) is 19.5. The number of anilines is 1. The van der Waals surface area contributed by atoms with E-state index in [9.17, 15) is 14.4 Å². The third kappa shape index (κ3) is 2.97. The number of carbonyl (C=O) groups is 3. The molecule has 0 amide bonds. The minimum Gasteiger partial charge on any atom is -0.352 e. The summed E-state index contributed by atoms with van der Waals surface area (Å²) < 4.78 is 0.889. The van der Waals surface area contributed by atoms with Crippen LogP contribution in [-0.4, -0.2) is 29.4 Å². The maximum Gasteiger partial charge on any atom is 0.195 e. The number of para-hydroxylation sites is 1. The lowest BCUT2D eigenvalue weighted by atomic mass is 9.64. The fourth-order valence-electron chi connectivity index (χ4n) is 6.53. The Kier molecular flexibility index (Phi) is 5.00. The molecule has 2 aliphatic heterocycles. The van der Waals surface area contributed by atoms with Crippen LogP contribution in [0.15, 0.2) is 101 Å². The highest BCUT2D eigenvalue weighted by molar-refractivity contribution is 9.10. The second-order valence-corrected chi connectivity index (χ2v) is 11.5. The Morgan fingerprint density at radius 3 is 2.19 bits per heavy atom. The number of hydrogen-bond acceptors (Lipinski definition) is 5. The van der Waals surface area contributed by atoms with Crippen molar-refractivity contribution >= 4 is 56.4 Å². The Bertz CT molecular complexity index is 1590. The average molecular weight is 566 g/mol. The predicted octanol–water partition coefficient (Wildman–Crippen LogP) is 6.83. The van der Waals surface area contributed by atoms with Crippen molar-refractivity contribution in [1.82, 2.24) is 0 Å². The topological polar surface area (TPSA) is 54.5 Å². The number of carbonyl (C=O) groups excluding carboxylic acids is 3. The van der Waals surface area contributed by atoms with Crippen LogP contribution in [0.2, 0.25) is 0 Å². The highest BCUT2D eigenvalue weighted by atomic mass is 79.9. The fourth-order valence-corrected chi connectivity index (χ4v) is 7.49. The molecule has 6 heteroatoms. The van der Waals surface area contributed by atoms with Gasteiger partial charge in [-0.05, 0) is 40.8 Å². The normalized spacial score (nSPS) is 22.7. The quantitative estimate of drug-likeness (QED) is 0.202. The maximum absolute atomic E-state index is 14.5. The second kappa shape index (κ2) is 8.20. The van der Waals surface area contributed by atoms with Gasteiger partial charge in [0, 0.05) is 27.2 Å². The van der Waals surface area contributed by atoms with Crippen LogP contribution in [0.1, 0.15) is 47.4 Å². The van der Waals surface area contributed by atoms with E-state index >= 15 is 0 Å². The standard InChI is InChI=1S/C31H20BrNO3S/c32-20-14-11-19(12-15-20)26-27(28(34)24-10-5-17-37-24)33-23-9-4-1-6-18(23)13-16-25(33)31(26)29(35)21-7-2-3-8-22(21)30(31)36/h1-17,25-27H/t25?,26-,27+/m0/s1. The molecular formula is C31H20BrNO3S. The molecular weight excluding hydrogens is 546 g/mol. The average Bonchev–Trinajstić information content (AvgIpc) is 3.63. The van der Waals surface area contributed by atoms with E-state index in [-0.39, 0.29) is 17.3 Å². The van der Waals surface area contributed by atoms with Crippen LogP contribution in [0.5, 0.6) is 0 Å². The lowest BCUT2D eigenvalue weighted by Gasteiger charge is -2.37. The minimum atomic E-state index is -1.46. The van der Waals surface area contributed by atoms with Crippen molar-refractivity contribution in [1.29, 1.82) is 0 Å². The van der Waals surface area contributed by atoms with Crippen LogP contribution < -0.4 is 4.90 Å². The Morgan fingerprint density at radius 2 is 1.51 bits per heavy atom. The van der Waals surface area contributed by atoms with E-state index < -0.39 is 23.4 Å². The van der Waals surface area contributed by atoms with Gasteiger partial charge < -0.3 is 4.90 Å². The number of thiophene rings is 1. The summed E-state index contributed by atoms with van der Waals surface area (Å²) in [5.74, 6) is -1.17. The fraction of sp³-hybridized carbons (Fsp3) is 0.129. The Morgan fingerprint density at radius 1 is 0.838 bits per heavy atom. The zero-order valence-corrected chi connectivity index (χ0v) is 21.9. The maximum atomic E-state index is 14.5. The molecule has 7 rings (SSSR count). The van der Waals surface area contributed by atoms with Crippen LogP contribution in [0.25, 0.3) is 6.08 Å². The van der Waals surface area contributed by atoms with Crippen LogP contribution >= 0.6 is 27.3 Å². The van der Waals surface area contributed by atoms with Gasteiger partial charge >= 0.3 is 0 Å². The van der Waals surface area contributed by atoms with Gasteiger partial charge in [0.05, 0.1) is 10.9 Å². The first-order chi connectivity index (χ1) is 18.0. The molecule has 37 heavy (non-hydrogen) atoms. The van der Waals surface area contributed by atoms with Crippen LogP contribution in [0.3, 0.4) is 0 Å². The lowest BCUT2D eigenvalue weighted by Crippen LogP contribution is -2.48. The summed E-state index contributed by atoms with van der Waals surface area (Å²) in [7, 11) is 0. The molecule has 0 N–H and O–H groups in total. The summed E-state index contributed by atoms with van der Waals surface area (Å²) in [6, 6.07) is 25.0. The lowest BCUT2D eigenvalue weighted by molar-refractivity contribution is 0.0666. The van der Waals surface area contributed by atoms with Crippen molar-refractivity contribution in [2.75, 3.05) is 4.90 Å². The highest BCUT2D eigenvalue weighted by Crippen LogP contribution is 2.61. The van der Waals surface area contributed by atoms with Crippen molar-refractivity contribution < 1.29 is 14.4 Å². The van der Waals surface area contributed by atoms with E-state index in [1.807, 2.05) is 83.1 Å². The molecule has 180 valence electrons. The van der Waals surface area contributed by atoms with Gasteiger partial charge in [-0.25, -0.2) is 0 Å². The van der Waals surface area contributed by atoms with Gasteiger partial charge in [-0.15, -0.1) is 11.3 Å². The zero-order chi connectivity index (χ0) is 25.3. The number of Topliss-reactive ketones (excluding diaryl/α,β-unsaturated/α-hetero) is 3. The van der Waals surface area contributed by atoms with E-state index in [4.69, 9.17) is 0 Å². The van der Waals surface area contributed by atoms with Crippen molar-refractivity contribution in [3.63, 3.8) is 0 Å². The molecule has 4 nitrogen and oxygen atoms in total. The van der Waals surface area contributed by atoms with Crippen molar-refractivity contribution in [2.24, 2.45) is 5.41 Å². The number of nitrogens with zero attached hydrogens (tertiary/aromatic N) is 1. The van der Waals surface area contributed by atoms with Crippen molar-refractivity contribution in [3.8, 4) is 0 Å².